The molecule has 49 heavy (non-hydrogen) atoms. The number of nitrogen functional groups attached to an aromatic ring is 2. The average molecular weight is 661 g/mol. The molecule has 0 radical (unpaired) electrons. The Morgan fingerprint density at radius 1 is 0.469 bits per heavy atom. The van der Waals surface area contributed by atoms with Gasteiger partial charge in [0.05, 0.1) is 50.9 Å². The minimum Gasteiger partial charge on any atom is -0.497 e. The van der Waals surface area contributed by atoms with E-state index in [1.165, 1.54) is 40.6 Å². The van der Waals surface area contributed by atoms with Crippen LogP contribution in [0.4, 0.5) is 11.4 Å². The number of hydrogen-bond donors (Lipinski definition) is 2. The van der Waals surface area contributed by atoms with Gasteiger partial charge in [-0.1, -0.05) is 48.5 Å². The molecule has 0 amide bonds. The minimum absolute atomic E-state index is 0.0801. The van der Waals surface area contributed by atoms with E-state index >= 15 is 0 Å². The second kappa shape index (κ2) is 13.6. The van der Waals surface area contributed by atoms with Crippen LogP contribution in [-0.4, -0.2) is 40.4 Å². The molecule has 4 N–H and O–H groups in total. The lowest BCUT2D eigenvalue weighted by molar-refractivity contribution is 0.0400. The van der Waals surface area contributed by atoms with Gasteiger partial charge in [0.15, 0.2) is 34.5 Å². The van der Waals surface area contributed by atoms with Gasteiger partial charge in [-0.05, 0) is 36.4 Å². The number of ether oxygens (including phenoxy) is 7. The fourth-order valence-corrected chi connectivity index (χ4v) is 5.37. The van der Waals surface area contributed by atoms with Crippen LogP contribution in [0.5, 0.6) is 46.0 Å². The highest BCUT2D eigenvalue weighted by Gasteiger charge is 2.26. The van der Waals surface area contributed by atoms with Crippen molar-refractivity contribution in [3.63, 3.8) is 0 Å². The molecule has 11 nitrogen and oxygen atoms in total. The smallest absolute Gasteiger partial charge is 0.346 e. The van der Waals surface area contributed by atoms with E-state index < -0.39 is 11.9 Å². The van der Waals surface area contributed by atoms with E-state index in [-0.39, 0.29) is 22.6 Å². The third-order valence-corrected chi connectivity index (χ3v) is 7.85. The van der Waals surface area contributed by atoms with Crippen LogP contribution >= 0.6 is 0 Å². The molecule has 0 aliphatic rings. The lowest BCUT2D eigenvalue weighted by Gasteiger charge is -2.18. The standard InChI is InChI=1S/C38H32N2O9/c1-43-21-13-15-29(39)31(17-21)47-35-25-11-7-5-9-23(25)27(19-33(35)45-3)37(41)49-38(42)28-20-34(46-4)36(26-12-8-6-10-24(26)28)48-32-18-22(44-2)14-16-30(32)40/h5-20H,39-40H2,1-4H3. The van der Waals surface area contributed by atoms with Crippen molar-refractivity contribution >= 4 is 44.9 Å². The largest absolute Gasteiger partial charge is 0.497 e. The first-order chi connectivity index (χ1) is 23.8. The third kappa shape index (κ3) is 6.24. The maximum absolute atomic E-state index is 13.8. The van der Waals surface area contributed by atoms with Gasteiger partial charge in [0.1, 0.15) is 11.5 Å². The van der Waals surface area contributed by atoms with Crippen LogP contribution in [0, 0.1) is 0 Å². The number of benzene rings is 6. The quantitative estimate of drug-likeness (QED) is 0.0842. The molecule has 6 rings (SSSR count). The van der Waals surface area contributed by atoms with E-state index in [4.69, 9.17) is 44.6 Å². The highest BCUT2D eigenvalue weighted by molar-refractivity contribution is 6.15. The molecule has 6 aromatic rings. The summed E-state index contributed by atoms with van der Waals surface area (Å²) in [7, 11) is 5.94. The maximum Gasteiger partial charge on any atom is 0.346 e. The van der Waals surface area contributed by atoms with Crippen LogP contribution < -0.4 is 39.9 Å². The Kier molecular flexibility index (Phi) is 8.99. The summed E-state index contributed by atoms with van der Waals surface area (Å²) in [6, 6.07) is 27.0. The average Bonchev–Trinajstić information content (AvgIpc) is 3.13. The first-order valence-corrected chi connectivity index (χ1v) is 14.9. The van der Waals surface area contributed by atoms with Crippen LogP contribution in [0.15, 0.2) is 97.1 Å². The van der Waals surface area contributed by atoms with Crippen molar-refractivity contribution in [1.82, 2.24) is 0 Å². The lowest BCUT2D eigenvalue weighted by atomic mass is 10.0. The first-order valence-electron chi connectivity index (χ1n) is 14.9. The molecule has 0 saturated heterocycles. The summed E-state index contributed by atoms with van der Waals surface area (Å²) < 4.78 is 39.9. The molecular formula is C38H32N2O9. The van der Waals surface area contributed by atoms with E-state index in [1.807, 2.05) is 0 Å². The zero-order valence-electron chi connectivity index (χ0n) is 27.1. The van der Waals surface area contributed by atoms with Gasteiger partial charge in [-0.2, -0.15) is 0 Å². The van der Waals surface area contributed by atoms with Gasteiger partial charge < -0.3 is 44.6 Å². The fraction of sp³-hybridized carbons (Fsp3) is 0.105. The van der Waals surface area contributed by atoms with Crippen LogP contribution in [0.2, 0.25) is 0 Å². The molecule has 11 heteroatoms. The summed E-state index contributed by atoms with van der Waals surface area (Å²) in [5.41, 5.74) is 13.3. The van der Waals surface area contributed by atoms with E-state index in [0.717, 1.165) is 0 Å². The highest BCUT2D eigenvalue weighted by Crippen LogP contribution is 2.45. The zero-order chi connectivity index (χ0) is 34.7. The summed E-state index contributed by atoms with van der Waals surface area (Å²) >= 11 is 0. The van der Waals surface area contributed by atoms with Crippen molar-refractivity contribution in [2.24, 2.45) is 0 Å². The van der Waals surface area contributed by atoms with Crippen LogP contribution in [0.25, 0.3) is 21.5 Å². The molecule has 248 valence electrons. The Balaban J connectivity index is 1.37. The summed E-state index contributed by atoms with van der Waals surface area (Å²) in [5.74, 6) is 0.980. The number of nitrogens with two attached hydrogens (primary N) is 2. The molecule has 0 saturated carbocycles. The highest BCUT2D eigenvalue weighted by atomic mass is 16.6. The van der Waals surface area contributed by atoms with Gasteiger partial charge in [-0.3, -0.25) is 0 Å². The van der Waals surface area contributed by atoms with Gasteiger partial charge in [0, 0.05) is 33.7 Å². The fourth-order valence-electron chi connectivity index (χ4n) is 5.37. The molecule has 0 aromatic heterocycles. The summed E-state index contributed by atoms with van der Waals surface area (Å²) in [6.07, 6.45) is 0. The molecule has 0 aliphatic heterocycles. The molecule has 6 aromatic carbocycles. The van der Waals surface area contributed by atoms with Crippen LogP contribution in [0.1, 0.15) is 20.7 Å². The second-order valence-electron chi connectivity index (χ2n) is 10.7. The van der Waals surface area contributed by atoms with E-state index in [2.05, 4.69) is 0 Å². The molecule has 0 aliphatic carbocycles. The van der Waals surface area contributed by atoms with Gasteiger partial charge in [0.2, 0.25) is 0 Å². The number of carbonyl (C=O) groups is 2. The molecule has 0 bridgehead atoms. The number of rotatable bonds is 10. The third-order valence-electron chi connectivity index (χ3n) is 7.85. The Morgan fingerprint density at radius 3 is 1.22 bits per heavy atom. The summed E-state index contributed by atoms with van der Waals surface area (Å²) in [4.78, 5) is 27.5. The zero-order valence-corrected chi connectivity index (χ0v) is 27.1. The molecule has 0 unspecified atom stereocenters. The summed E-state index contributed by atoms with van der Waals surface area (Å²) in [6.45, 7) is 0. The van der Waals surface area contributed by atoms with Gasteiger partial charge in [0.25, 0.3) is 0 Å². The number of carbonyl (C=O) groups excluding carboxylic acids is 2. The van der Waals surface area contributed by atoms with Crippen molar-refractivity contribution in [1.29, 1.82) is 0 Å². The van der Waals surface area contributed by atoms with Crippen LogP contribution in [-0.2, 0) is 4.74 Å². The van der Waals surface area contributed by atoms with Crippen molar-refractivity contribution in [3.05, 3.63) is 108 Å². The molecule has 0 spiro atoms. The van der Waals surface area contributed by atoms with E-state index in [1.54, 1.807) is 84.9 Å². The number of fused-ring (bicyclic) bond motifs is 2. The van der Waals surface area contributed by atoms with Crippen molar-refractivity contribution in [2.45, 2.75) is 0 Å². The number of methoxy groups -OCH3 is 4. The summed E-state index contributed by atoms with van der Waals surface area (Å²) in [5, 5.41) is 1.96. The molecule has 0 atom stereocenters. The van der Waals surface area contributed by atoms with Gasteiger partial charge in [-0.15, -0.1) is 0 Å². The monoisotopic (exact) mass is 660 g/mol. The van der Waals surface area contributed by atoms with E-state index in [9.17, 15) is 9.59 Å². The predicted molar refractivity (Wildman–Crippen MR) is 186 cm³/mol. The SMILES string of the molecule is COc1ccc(N)c(Oc2c(OC)cc(C(=O)OC(=O)c3cc(OC)c(Oc4cc(OC)ccc4N)c4ccccc34)c3ccccc23)c1. The minimum atomic E-state index is -0.903. The predicted octanol–water partition coefficient (Wildman–Crippen LogP) is 7.77. The van der Waals surface area contributed by atoms with Crippen molar-refractivity contribution in [2.75, 3.05) is 39.9 Å². The Labute approximate surface area is 281 Å². The first kappa shape index (κ1) is 32.3. The Morgan fingerprint density at radius 2 is 0.857 bits per heavy atom. The Bertz CT molecular complexity index is 2080. The van der Waals surface area contributed by atoms with Gasteiger partial charge >= 0.3 is 11.9 Å². The number of hydrogen-bond acceptors (Lipinski definition) is 11. The molecule has 0 fully saturated rings. The molecular weight excluding hydrogens is 628 g/mol. The number of anilines is 2. The second-order valence-corrected chi connectivity index (χ2v) is 10.7. The topological polar surface area (TPSA) is 151 Å². The van der Waals surface area contributed by atoms with Crippen molar-refractivity contribution in [3.8, 4) is 46.0 Å². The molecule has 0 heterocycles. The van der Waals surface area contributed by atoms with Crippen molar-refractivity contribution < 1.29 is 42.7 Å². The van der Waals surface area contributed by atoms with E-state index in [0.29, 0.717) is 67.4 Å². The number of esters is 2. The van der Waals surface area contributed by atoms with Crippen LogP contribution in [0.3, 0.4) is 0 Å². The lowest BCUT2D eigenvalue weighted by Crippen LogP contribution is -2.14. The van der Waals surface area contributed by atoms with Gasteiger partial charge in [-0.25, -0.2) is 9.59 Å². The normalized spacial score (nSPS) is 10.8. The Hall–Kier alpha value is -6.62. The maximum atomic E-state index is 13.8.